The molecule has 5 heteroatoms. The average molecular weight is 237 g/mol. The van der Waals surface area contributed by atoms with Gasteiger partial charge in [0.05, 0.1) is 16.0 Å². The molecule has 3 nitrogen and oxygen atoms in total. The fourth-order valence-corrected chi connectivity index (χ4v) is 1.78. The van der Waals surface area contributed by atoms with Gasteiger partial charge in [0.25, 0.3) is 0 Å². The fraction of sp³-hybridized carbons (Fsp3) is 0.300. The van der Waals surface area contributed by atoms with Crippen LogP contribution in [-0.4, -0.2) is 16.8 Å². The van der Waals surface area contributed by atoms with Crippen LogP contribution in [0.2, 0.25) is 0 Å². The molecule has 0 aliphatic heterocycles. The Labute approximate surface area is 99.0 Å². The number of thioether (sulfide) groups is 1. The van der Waals surface area contributed by atoms with Gasteiger partial charge < -0.3 is 0 Å². The van der Waals surface area contributed by atoms with Crippen LogP contribution in [0, 0.1) is 11.3 Å². The van der Waals surface area contributed by atoms with E-state index in [1.165, 1.54) is 11.8 Å². The van der Waals surface area contributed by atoms with E-state index in [1.807, 2.05) is 13.2 Å². The second-order valence-corrected chi connectivity index (χ2v) is 3.89. The molecule has 15 heavy (non-hydrogen) atoms. The number of thiol groups is 1. The molecule has 0 aromatic carbocycles. The van der Waals surface area contributed by atoms with E-state index < -0.39 is 0 Å². The summed E-state index contributed by atoms with van der Waals surface area (Å²) in [5.41, 5.74) is 3.18. The molecule has 0 N–H and O–H groups in total. The van der Waals surface area contributed by atoms with Crippen molar-refractivity contribution in [3.8, 4) is 6.07 Å². The Morgan fingerprint density at radius 2 is 2.47 bits per heavy atom. The average Bonchev–Trinajstić information content (AvgIpc) is 2.27. The van der Waals surface area contributed by atoms with Crippen LogP contribution in [0.5, 0.6) is 0 Å². The van der Waals surface area contributed by atoms with Crippen molar-refractivity contribution in [2.45, 2.75) is 18.2 Å². The van der Waals surface area contributed by atoms with Gasteiger partial charge in [0.1, 0.15) is 6.07 Å². The van der Waals surface area contributed by atoms with Crippen molar-refractivity contribution >= 4 is 35.8 Å². The minimum atomic E-state index is 0.573. The van der Waals surface area contributed by atoms with Crippen molar-refractivity contribution in [3.05, 3.63) is 17.3 Å². The lowest BCUT2D eigenvalue weighted by Gasteiger charge is -2.05. The van der Waals surface area contributed by atoms with E-state index in [2.05, 4.69) is 28.7 Å². The van der Waals surface area contributed by atoms with E-state index in [0.717, 1.165) is 12.0 Å². The number of aliphatic imine (C=N–C) groups is 1. The molecule has 0 fully saturated rings. The third kappa shape index (κ3) is 2.74. The highest BCUT2D eigenvalue weighted by Crippen LogP contribution is 2.27. The van der Waals surface area contributed by atoms with E-state index in [1.54, 1.807) is 11.7 Å². The highest BCUT2D eigenvalue weighted by atomic mass is 32.2. The summed E-state index contributed by atoms with van der Waals surface area (Å²) < 4.78 is 0. The molecule has 0 radical (unpaired) electrons. The topological polar surface area (TPSA) is 49.0 Å². The van der Waals surface area contributed by atoms with Crippen molar-refractivity contribution < 1.29 is 0 Å². The predicted octanol–water partition coefficient (Wildman–Crippen LogP) is 2.83. The zero-order valence-electron chi connectivity index (χ0n) is 8.56. The molecular weight excluding hydrogens is 226 g/mol. The second kappa shape index (κ2) is 5.79. The first kappa shape index (κ1) is 12.1. The van der Waals surface area contributed by atoms with Crippen LogP contribution in [0.4, 0.5) is 5.82 Å². The summed E-state index contributed by atoms with van der Waals surface area (Å²) in [5, 5.41) is 8.87. The summed E-state index contributed by atoms with van der Waals surface area (Å²) in [5.74, 6) is 0.573. The lowest BCUT2D eigenvalue weighted by Crippen LogP contribution is -1.92. The van der Waals surface area contributed by atoms with Crippen LogP contribution in [-0.2, 0) is 6.42 Å². The number of hydrogen-bond acceptors (Lipinski definition) is 5. The lowest BCUT2D eigenvalue weighted by atomic mass is 10.1. The Bertz CT molecular complexity index is 421. The molecule has 0 aliphatic carbocycles. The van der Waals surface area contributed by atoms with Crippen molar-refractivity contribution in [2.24, 2.45) is 4.99 Å². The molecule has 0 unspecified atom stereocenters. The van der Waals surface area contributed by atoms with Gasteiger partial charge in [0.2, 0.25) is 0 Å². The minimum Gasteiger partial charge on any atom is -0.235 e. The van der Waals surface area contributed by atoms with Crippen LogP contribution >= 0.6 is 24.4 Å². The summed E-state index contributed by atoms with van der Waals surface area (Å²) in [7, 11) is 0. The van der Waals surface area contributed by atoms with Crippen LogP contribution in [0.15, 0.2) is 16.1 Å². The van der Waals surface area contributed by atoms with E-state index >= 15 is 0 Å². The normalized spacial score (nSPS) is 10.5. The number of rotatable bonds is 3. The first-order valence-corrected chi connectivity index (χ1v) is 6.14. The Morgan fingerprint density at radius 3 is 3.00 bits per heavy atom. The Hall–Kier alpha value is -0.990. The van der Waals surface area contributed by atoms with Gasteiger partial charge in [-0.25, -0.2) is 9.98 Å². The summed E-state index contributed by atoms with van der Waals surface area (Å²) in [6, 6.07) is 2.10. The summed E-state index contributed by atoms with van der Waals surface area (Å²) in [4.78, 5) is 8.93. The fourth-order valence-electron chi connectivity index (χ4n) is 1.18. The molecule has 1 aromatic heterocycles. The molecule has 78 valence electrons. The Balaban J connectivity index is 3.24. The molecule has 0 aliphatic rings. The monoisotopic (exact) mass is 237 g/mol. The molecule has 1 aromatic rings. The second-order valence-electron chi connectivity index (χ2n) is 2.76. The Morgan fingerprint density at radius 1 is 1.73 bits per heavy atom. The maximum atomic E-state index is 8.87. The molecule has 0 saturated heterocycles. The molecule has 0 saturated carbocycles. The van der Waals surface area contributed by atoms with Crippen molar-refractivity contribution in [1.29, 1.82) is 5.26 Å². The summed E-state index contributed by atoms with van der Waals surface area (Å²) >= 11 is 5.85. The van der Waals surface area contributed by atoms with E-state index in [-0.39, 0.29) is 0 Å². The molecule has 1 heterocycles. The van der Waals surface area contributed by atoms with Gasteiger partial charge >= 0.3 is 0 Å². The van der Waals surface area contributed by atoms with Gasteiger partial charge in [-0.3, -0.25) is 0 Å². The highest BCUT2D eigenvalue weighted by molar-refractivity contribution is 8.11. The third-order valence-electron chi connectivity index (χ3n) is 1.89. The molecule has 1 rings (SSSR count). The summed E-state index contributed by atoms with van der Waals surface area (Å²) in [6.45, 7) is 1.98. The SMILES string of the molecule is CCc1c(C#N)cnc(N=CSC)c1S. The van der Waals surface area contributed by atoms with Crippen molar-refractivity contribution in [2.75, 3.05) is 6.26 Å². The van der Waals surface area contributed by atoms with Gasteiger partial charge in [-0.15, -0.1) is 24.4 Å². The van der Waals surface area contributed by atoms with E-state index in [4.69, 9.17) is 5.26 Å². The van der Waals surface area contributed by atoms with Gasteiger partial charge in [-0.2, -0.15) is 5.26 Å². The number of pyridine rings is 1. The van der Waals surface area contributed by atoms with Gasteiger partial charge in [-0.05, 0) is 18.2 Å². The molecule has 0 atom stereocenters. The van der Waals surface area contributed by atoms with Gasteiger partial charge in [0.15, 0.2) is 5.82 Å². The standard InChI is InChI=1S/C10H11N3S2/c1-3-8-7(4-11)5-12-10(9(8)14)13-6-15-2/h5-6,14H,3H2,1-2H3. The van der Waals surface area contributed by atoms with Gasteiger partial charge in [0, 0.05) is 6.20 Å². The van der Waals surface area contributed by atoms with E-state index in [9.17, 15) is 0 Å². The van der Waals surface area contributed by atoms with Crippen LogP contribution in [0.25, 0.3) is 0 Å². The first-order valence-electron chi connectivity index (χ1n) is 4.40. The highest BCUT2D eigenvalue weighted by Gasteiger charge is 2.09. The van der Waals surface area contributed by atoms with Crippen LogP contribution in [0.3, 0.4) is 0 Å². The summed E-state index contributed by atoms with van der Waals surface area (Å²) in [6.07, 6.45) is 4.23. The molecular formula is C10H11N3S2. The quantitative estimate of drug-likeness (QED) is 0.499. The Kier molecular flexibility index (Phi) is 4.66. The first-order chi connectivity index (χ1) is 7.24. The molecule has 0 bridgehead atoms. The van der Waals surface area contributed by atoms with Crippen molar-refractivity contribution in [3.63, 3.8) is 0 Å². The van der Waals surface area contributed by atoms with Crippen LogP contribution < -0.4 is 0 Å². The molecule has 0 amide bonds. The zero-order chi connectivity index (χ0) is 11.3. The van der Waals surface area contributed by atoms with Crippen molar-refractivity contribution in [1.82, 2.24) is 4.98 Å². The van der Waals surface area contributed by atoms with Gasteiger partial charge in [-0.1, -0.05) is 6.92 Å². The predicted molar refractivity (Wildman–Crippen MR) is 67.2 cm³/mol. The smallest absolute Gasteiger partial charge is 0.166 e. The number of hydrogen-bond donors (Lipinski definition) is 1. The number of nitriles is 1. The number of aromatic nitrogens is 1. The van der Waals surface area contributed by atoms with E-state index in [0.29, 0.717) is 16.3 Å². The maximum Gasteiger partial charge on any atom is 0.166 e. The largest absolute Gasteiger partial charge is 0.235 e. The zero-order valence-corrected chi connectivity index (χ0v) is 10.3. The van der Waals surface area contributed by atoms with Crippen LogP contribution in [0.1, 0.15) is 18.1 Å². The third-order valence-corrected chi connectivity index (χ3v) is 2.68. The molecule has 0 spiro atoms. The minimum absolute atomic E-state index is 0.573. The maximum absolute atomic E-state index is 8.87. The number of nitrogens with zero attached hydrogens (tertiary/aromatic N) is 3. The lowest BCUT2D eigenvalue weighted by molar-refractivity contribution is 1.03.